The first-order valence-electron chi connectivity index (χ1n) is 16.6. The molecule has 0 aliphatic heterocycles. The second-order valence-electron chi connectivity index (χ2n) is 11.4. The average molecular weight is 537 g/mol. The van der Waals surface area contributed by atoms with Crippen LogP contribution in [0.1, 0.15) is 181 Å². The summed E-state index contributed by atoms with van der Waals surface area (Å²) in [6, 6.07) is 0. The summed E-state index contributed by atoms with van der Waals surface area (Å²) in [7, 11) is 0. The van der Waals surface area contributed by atoms with E-state index in [4.69, 9.17) is 4.74 Å². The van der Waals surface area contributed by atoms with Crippen molar-refractivity contribution in [1.29, 1.82) is 0 Å². The molecule has 0 aromatic rings. The zero-order valence-electron chi connectivity index (χ0n) is 25.5. The maximum atomic E-state index is 11.7. The summed E-state index contributed by atoms with van der Waals surface area (Å²) in [4.78, 5) is 23.0. The normalized spacial score (nSPS) is 12.3. The number of unbranched alkanes of at least 4 members (excludes halogenated alkanes) is 21. The van der Waals surface area contributed by atoms with E-state index >= 15 is 0 Å². The zero-order valence-corrected chi connectivity index (χ0v) is 25.5. The second kappa shape index (κ2) is 30.2. The standard InChI is InChI=1S/C34H64O4/c1-3-5-6-7-8-9-10-11-12-13-14-15-16-17-18-19-20-21-22-23-24-25-26-27-28-29-32(34(36)37)31-33(35)38-30-4-2/h13-14,32H,3-12,15-31H2,1-2H3,(H,36,37)/b14-13+. The van der Waals surface area contributed by atoms with Gasteiger partial charge in [0.15, 0.2) is 0 Å². The van der Waals surface area contributed by atoms with E-state index in [1.807, 2.05) is 6.92 Å². The number of hydrogen-bond donors (Lipinski definition) is 1. The van der Waals surface area contributed by atoms with Crippen LogP contribution in [0, 0.1) is 5.92 Å². The Hall–Kier alpha value is -1.32. The molecular weight excluding hydrogens is 472 g/mol. The van der Waals surface area contributed by atoms with Gasteiger partial charge in [0.2, 0.25) is 0 Å². The molecule has 1 N–H and O–H groups in total. The molecule has 1 unspecified atom stereocenters. The number of carbonyl (C=O) groups excluding carboxylic acids is 1. The van der Waals surface area contributed by atoms with Crippen molar-refractivity contribution in [3.05, 3.63) is 12.2 Å². The van der Waals surface area contributed by atoms with Gasteiger partial charge in [-0.05, 0) is 38.5 Å². The van der Waals surface area contributed by atoms with Gasteiger partial charge in [0.25, 0.3) is 0 Å². The minimum Gasteiger partial charge on any atom is -0.481 e. The number of allylic oxidation sites excluding steroid dienone is 2. The van der Waals surface area contributed by atoms with Gasteiger partial charge >= 0.3 is 11.9 Å². The summed E-state index contributed by atoms with van der Waals surface area (Å²) < 4.78 is 5.03. The largest absolute Gasteiger partial charge is 0.481 e. The average Bonchev–Trinajstić information content (AvgIpc) is 2.91. The van der Waals surface area contributed by atoms with E-state index in [0.29, 0.717) is 13.0 Å². The molecule has 0 saturated carbocycles. The molecule has 0 aliphatic rings. The quantitative estimate of drug-likeness (QED) is 0.0563. The van der Waals surface area contributed by atoms with Crippen LogP contribution >= 0.6 is 0 Å². The van der Waals surface area contributed by atoms with Gasteiger partial charge in [-0.3, -0.25) is 9.59 Å². The van der Waals surface area contributed by atoms with Gasteiger partial charge in [0.1, 0.15) is 0 Å². The lowest BCUT2D eigenvalue weighted by atomic mass is 9.97. The van der Waals surface area contributed by atoms with Gasteiger partial charge in [-0.15, -0.1) is 0 Å². The smallest absolute Gasteiger partial charge is 0.307 e. The highest BCUT2D eigenvalue weighted by atomic mass is 16.5. The van der Waals surface area contributed by atoms with Crippen molar-refractivity contribution in [1.82, 2.24) is 0 Å². The first kappa shape index (κ1) is 36.7. The highest BCUT2D eigenvalue weighted by Crippen LogP contribution is 2.18. The van der Waals surface area contributed by atoms with Crippen LogP contribution in [0.2, 0.25) is 0 Å². The van der Waals surface area contributed by atoms with Crippen LogP contribution in [0.3, 0.4) is 0 Å². The van der Waals surface area contributed by atoms with Crippen molar-refractivity contribution >= 4 is 11.9 Å². The molecule has 0 bridgehead atoms. The van der Waals surface area contributed by atoms with Gasteiger partial charge in [0, 0.05) is 0 Å². The number of ether oxygens (including phenoxy) is 1. The van der Waals surface area contributed by atoms with Gasteiger partial charge in [0.05, 0.1) is 18.9 Å². The number of rotatable bonds is 30. The third-order valence-corrected chi connectivity index (χ3v) is 7.54. The monoisotopic (exact) mass is 536 g/mol. The van der Waals surface area contributed by atoms with Crippen molar-refractivity contribution in [2.24, 2.45) is 5.92 Å². The fourth-order valence-electron chi connectivity index (χ4n) is 5.02. The van der Waals surface area contributed by atoms with E-state index in [1.54, 1.807) is 0 Å². The Bertz CT molecular complexity index is 543. The SMILES string of the molecule is CCCCCCCCCC/C=C/CCCCCCCCCCCCCCCC(CC(=O)OCCC)C(=O)O. The molecule has 0 radical (unpaired) electrons. The molecule has 0 spiro atoms. The Morgan fingerprint density at radius 3 is 1.37 bits per heavy atom. The molecule has 1 atom stereocenters. The number of hydrogen-bond acceptors (Lipinski definition) is 3. The minimum atomic E-state index is -0.875. The molecule has 224 valence electrons. The predicted molar refractivity (Wildman–Crippen MR) is 163 cm³/mol. The first-order valence-corrected chi connectivity index (χ1v) is 16.6. The van der Waals surface area contributed by atoms with E-state index in [1.165, 1.54) is 135 Å². The molecule has 0 aliphatic carbocycles. The van der Waals surface area contributed by atoms with Crippen LogP contribution in [0.15, 0.2) is 12.2 Å². The third-order valence-electron chi connectivity index (χ3n) is 7.54. The number of carboxylic acid groups (broad SMARTS) is 1. The van der Waals surface area contributed by atoms with Crippen LogP contribution in [0.5, 0.6) is 0 Å². The summed E-state index contributed by atoms with van der Waals surface area (Å²) >= 11 is 0. The number of esters is 1. The van der Waals surface area contributed by atoms with E-state index < -0.39 is 11.9 Å². The highest BCUT2D eigenvalue weighted by molar-refractivity contribution is 5.78. The van der Waals surface area contributed by atoms with Crippen molar-refractivity contribution in [3.63, 3.8) is 0 Å². The molecule has 0 aromatic carbocycles. The maximum Gasteiger partial charge on any atom is 0.307 e. The number of carboxylic acids is 1. The van der Waals surface area contributed by atoms with Gasteiger partial charge in [-0.25, -0.2) is 0 Å². The van der Waals surface area contributed by atoms with Crippen LogP contribution in [-0.4, -0.2) is 23.7 Å². The van der Waals surface area contributed by atoms with Crippen molar-refractivity contribution < 1.29 is 19.4 Å². The molecule has 38 heavy (non-hydrogen) atoms. The molecule has 0 fully saturated rings. The van der Waals surface area contributed by atoms with E-state index in [-0.39, 0.29) is 12.4 Å². The molecule has 0 rings (SSSR count). The summed E-state index contributed by atoms with van der Waals surface area (Å²) in [5.41, 5.74) is 0. The predicted octanol–water partition coefficient (Wildman–Crippen LogP) is 11.0. The molecule has 0 heterocycles. The number of carbonyl (C=O) groups is 2. The lowest BCUT2D eigenvalue weighted by molar-refractivity contribution is -0.151. The Morgan fingerprint density at radius 1 is 0.579 bits per heavy atom. The minimum absolute atomic E-state index is 0.00574. The van der Waals surface area contributed by atoms with Crippen LogP contribution in [-0.2, 0) is 14.3 Å². The zero-order chi connectivity index (χ0) is 27.9. The molecule has 0 saturated heterocycles. The topological polar surface area (TPSA) is 63.6 Å². The van der Waals surface area contributed by atoms with Crippen LogP contribution < -0.4 is 0 Å². The molecule has 0 amide bonds. The fraction of sp³-hybridized carbons (Fsp3) is 0.882. The second-order valence-corrected chi connectivity index (χ2v) is 11.4. The molecule has 4 nitrogen and oxygen atoms in total. The van der Waals surface area contributed by atoms with Crippen LogP contribution in [0.25, 0.3) is 0 Å². The molecular formula is C34H64O4. The highest BCUT2D eigenvalue weighted by Gasteiger charge is 2.21. The summed E-state index contributed by atoms with van der Waals surface area (Å²) in [5.74, 6) is -1.85. The Balaban J connectivity index is 3.33. The van der Waals surface area contributed by atoms with Crippen molar-refractivity contribution in [2.45, 2.75) is 181 Å². The molecule has 0 aromatic heterocycles. The third kappa shape index (κ3) is 27.7. The van der Waals surface area contributed by atoms with Gasteiger partial charge in [-0.2, -0.15) is 0 Å². The summed E-state index contributed by atoms with van der Waals surface area (Å²) in [6.45, 7) is 4.59. The first-order chi connectivity index (χ1) is 18.6. The lowest BCUT2D eigenvalue weighted by Crippen LogP contribution is -2.19. The lowest BCUT2D eigenvalue weighted by Gasteiger charge is -2.11. The summed E-state index contributed by atoms with van der Waals surface area (Å²) in [5, 5.41) is 9.33. The number of aliphatic carboxylic acids is 1. The van der Waals surface area contributed by atoms with Gasteiger partial charge in [-0.1, -0.05) is 148 Å². The van der Waals surface area contributed by atoms with E-state index in [2.05, 4.69) is 19.1 Å². The van der Waals surface area contributed by atoms with Gasteiger partial charge < -0.3 is 9.84 Å². The van der Waals surface area contributed by atoms with E-state index in [9.17, 15) is 14.7 Å². The Kier molecular flexibility index (Phi) is 29.2. The van der Waals surface area contributed by atoms with Crippen LogP contribution in [0.4, 0.5) is 0 Å². The van der Waals surface area contributed by atoms with Crippen molar-refractivity contribution in [2.75, 3.05) is 6.61 Å². The van der Waals surface area contributed by atoms with E-state index in [0.717, 1.165) is 19.3 Å². The maximum absolute atomic E-state index is 11.7. The Labute approximate surface area is 236 Å². The molecule has 4 heteroatoms. The van der Waals surface area contributed by atoms with Crippen molar-refractivity contribution in [3.8, 4) is 0 Å². The summed E-state index contributed by atoms with van der Waals surface area (Å²) in [6.07, 6.45) is 36.5. The Morgan fingerprint density at radius 2 is 0.974 bits per heavy atom. The fourth-order valence-corrected chi connectivity index (χ4v) is 5.02.